The lowest BCUT2D eigenvalue weighted by Gasteiger charge is -2.11. The van der Waals surface area contributed by atoms with Gasteiger partial charge in [0, 0.05) is 3.57 Å². The first-order valence-corrected chi connectivity index (χ1v) is 13.3. The van der Waals surface area contributed by atoms with E-state index in [2.05, 4.69) is 36.4 Å². The molecule has 0 saturated heterocycles. The Kier molecular flexibility index (Phi) is 16.6. The monoisotopic (exact) mass is 544 g/mol. The van der Waals surface area contributed by atoms with Crippen molar-refractivity contribution >= 4 is 34.5 Å². The molecule has 0 amide bonds. The summed E-state index contributed by atoms with van der Waals surface area (Å²) in [6.07, 6.45) is 16.3. The van der Waals surface area contributed by atoms with E-state index in [1.54, 1.807) is 12.1 Å². The highest BCUT2D eigenvalue weighted by Crippen LogP contribution is 2.17. The van der Waals surface area contributed by atoms with E-state index >= 15 is 0 Å². The van der Waals surface area contributed by atoms with Crippen LogP contribution in [0.3, 0.4) is 0 Å². The number of rotatable bonds is 18. The molecule has 0 spiro atoms. The minimum Gasteiger partial charge on any atom is -0.462 e. The van der Waals surface area contributed by atoms with Gasteiger partial charge in [0.05, 0.1) is 24.3 Å². The van der Waals surface area contributed by atoms with Crippen molar-refractivity contribution < 1.29 is 19.1 Å². The second kappa shape index (κ2) is 18.5. The molecule has 0 unspecified atom stereocenters. The van der Waals surface area contributed by atoms with Crippen LogP contribution in [0, 0.1) is 3.57 Å². The van der Waals surface area contributed by atoms with Crippen molar-refractivity contribution in [2.75, 3.05) is 13.2 Å². The van der Waals surface area contributed by atoms with Gasteiger partial charge in [-0.1, -0.05) is 90.9 Å². The molecule has 0 aliphatic carbocycles. The van der Waals surface area contributed by atoms with Crippen LogP contribution in [0.4, 0.5) is 0 Å². The van der Waals surface area contributed by atoms with Gasteiger partial charge in [0.1, 0.15) is 0 Å². The van der Waals surface area contributed by atoms with Crippen molar-refractivity contribution in [1.29, 1.82) is 0 Å². The third kappa shape index (κ3) is 13.1. The predicted octanol–water partition coefficient (Wildman–Crippen LogP) is 8.11. The van der Waals surface area contributed by atoms with Gasteiger partial charge in [0.25, 0.3) is 0 Å². The molecule has 0 aromatic heterocycles. The van der Waals surface area contributed by atoms with E-state index < -0.39 is 11.9 Å². The molecule has 1 aromatic rings. The first-order chi connectivity index (χ1) is 15.1. The van der Waals surface area contributed by atoms with E-state index in [4.69, 9.17) is 9.47 Å². The van der Waals surface area contributed by atoms with Gasteiger partial charge in [0.15, 0.2) is 0 Å². The molecule has 5 heteroatoms. The molecule has 0 radical (unpaired) electrons. The van der Waals surface area contributed by atoms with Crippen molar-refractivity contribution in [3.63, 3.8) is 0 Å². The summed E-state index contributed by atoms with van der Waals surface area (Å²) in [6.45, 7) is 5.21. The second-order valence-electron chi connectivity index (χ2n) is 8.20. The van der Waals surface area contributed by atoms with Crippen LogP contribution in [0.25, 0.3) is 0 Å². The Labute approximate surface area is 203 Å². The summed E-state index contributed by atoms with van der Waals surface area (Å²) in [4.78, 5) is 25.1. The third-order valence-electron chi connectivity index (χ3n) is 5.38. The van der Waals surface area contributed by atoms with Gasteiger partial charge in [-0.05, 0) is 53.6 Å². The molecule has 1 rings (SSSR count). The number of carbonyl (C=O) groups is 2. The van der Waals surface area contributed by atoms with Crippen LogP contribution in [0.15, 0.2) is 18.2 Å². The Morgan fingerprint density at radius 1 is 0.645 bits per heavy atom. The maximum Gasteiger partial charge on any atom is 0.339 e. The Morgan fingerprint density at radius 3 is 1.55 bits per heavy atom. The molecule has 0 atom stereocenters. The minimum atomic E-state index is -0.440. The molecule has 0 aliphatic rings. The summed E-state index contributed by atoms with van der Waals surface area (Å²) in [6, 6.07) is 5.19. The number of halogens is 1. The summed E-state index contributed by atoms with van der Waals surface area (Å²) in [5.41, 5.74) is 0.604. The van der Waals surface area contributed by atoms with E-state index in [1.165, 1.54) is 64.2 Å². The van der Waals surface area contributed by atoms with Crippen molar-refractivity contribution in [2.45, 2.75) is 104 Å². The first-order valence-electron chi connectivity index (χ1n) is 12.2. The van der Waals surface area contributed by atoms with Crippen LogP contribution in [0.5, 0.6) is 0 Å². The molecule has 0 fully saturated rings. The lowest BCUT2D eigenvalue weighted by atomic mass is 10.1. The fourth-order valence-electron chi connectivity index (χ4n) is 3.47. The average molecular weight is 545 g/mol. The molecule has 176 valence electrons. The molecule has 0 heterocycles. The maximum atomic E-state index is 12.6. The quantitative estimate of drug-likeness (QED) is 0.106. The van der Waals surface area contributed by atoms with Crippen LogP contribution in [-0.2, 0) is 9.47 Å². The largest absolute Gasteiger partial charge is 0.462 e. The molecule has 4 nitrogen and oxygen atoms in total. The summed E-state index contributed by atoms with van der Waals surface area (Å²) in [5, 5.41) is 0. The topological polar surface area (TPSA) is 52.6 Å². The van der Waals surface area contributed by atoms with Crippen molar-refractivity contribution in [3.05, 3.63) is 32.9 Å². The molecular formula is C26H41IO4. The van der Waals surface area contributed by atoms with Crippen molar-refractivity contribution in [2.24, 2.45) is 0 Å². The van der Waals surface area contributed by atoms with Gasteiger partial charge >= 0.3 is 11.9 Å². The fraction of sp³-hybridized carbons (Fsp3) is 0.692. The SMILES string of the molecule is CCCCCCCCCOC(=O)c1ccc(I)cc1C(=O)OCCCCCCCCC. The first kappa shape index (κ1) is 27.9. The number of esters is 2. The molecule has 0 aliphatic heterocycles. The Hall–Kier alpha value is -1.11. The van der Waals surface area contributed by atoms with Gasteiger partial charge in [-0.3, -0.25) is 0 Å². The van der Waals surface area contributed by atoms with Crippen LogP contribution in [0.1, 0.15) is 124 Å². The Bertz CT molecular complexity index is 630. The highest BCUT2D eigenvalue weighted by atomic mass is 127. The number of hydrogen-bond acceptors (Lipinski definition) is 4. The fourth-order valence-corrected chi connectivity index (χ4v) is 3.96. The summed E-state index contributed by atoms with van der Waals surface area (Å²) in [7, 11) is 0. The Balaban J connectivity index is 2.38. The van der Waals surface area contributed by atoms with Gasteiger partial charge in [0.2, 0.25) is 0 Å². The van der Waals surface area contributed by atoms with E-state index in [0.29, 0.717) is 24.3 Å². The lowest BCUT2D eigenvalue weighted by molar-refractivity contribution is 0.0450. The average Bonchev–Trinajstić information content (AvgIpc) is 2.77. The van der Waals surface area contributed by atoms with E-state index in [9.17, 15) is 9.59 Å². The number of unbranched alkanes of at least 4 members (excludes halogenated alkanes) is 12. The Morgan fingerprint density at radius 2 is 1.06 bits per heavy atom. The molecule has 0 saturated carbocycles. The molecule has 0 N–H and O–H groups in total. The van der Waals surface area contributed by atoms with Crippen molar-refractivity contribution in [1.82, 2.24) is 0 Å². The number of carbonyl (C=O) groups excluding carboxylic acids is 2. The summed E-state index contributed by atoms with van der Waals surface area (Å²) >= 11 is 2.14. The van der Waals surface area contributed by atoms with E-state index in [0.717, 1.165) is 29.3 Å². The van der Waals surface area contributed by atoms with Gasteiger partial charge < -0.3 is 9.47 Å². The zero-order chi connectivity index (χ0) is 22.7. The van der Waals surface area contributed by atoms with E-state index in [1.807, 2.05) is 6.07 Å². The molecular weight excluding hydrogens is 503 g/mol. The normalized spacial score (nSPS) is 10.8. The zero-order valence-electron chi connectivity index (χ0n) is 19.6. The molecule has 0 bridgehead atoms. The third-order valence-corrected chi connectivity index (χ3v) is 6.05. The van der Waals surface area contributed by atoms with Gasteiger partial charge in [-0.15, -0.1) is 0 Å². The predicted molar refractivity (Wildman–Crippen MR) is 136 cm³/mol. The standard InChI is InChI=1S/C26H41IO4/c1-3-5-7-9-11-13-15-19-30-25(28)23-18-17-22(27)21-24(23)26(29)31-20-16-14-12-10-8-6-4-2/h17-18,21H,3-16,19-20H2,1-2H3. The highest BCUT2D eigenvalue weighted by molar-refractivity contribution is 14.1. The van der Waals surface area contributed by atoms with E-state index in [-0.39, 0.29) is 0 Å². The lowest BCUT2D eigenvalue weighted by Crippen LogP contribution is -2.15. The summed E-state index contributed by atoms with van der Waals surface area (Å²) < 4.78 is 11.8. The zero-order valence-corrected chi connectivity index (χ0v) is 21.7. The molecule has 31 heavy (non-hydrogen) atoms. The number of ether oxygens (including phenoxy) is 2. The summed E-state index contributed by atoms with van der Waals surface area (Å²) in [5.74, 6) is -0.877. The smallest absolute Gasteiger partial charge is 0.339 e. The molecule has 1 aromatic carbocycles. The number of benzene rings is 1. The van der Waals surface area contributed by atoms with Crippen LogP contribution < -0.4 is 0 Å². The van der Waals surface area contributed by atoms with Crippen LogP contribution in [-0.4, -0.2) is 25.2 Å². The second-order valence-corrected chi connectivity index (χ2v) is 9.45. The highest BCUT2D eigenvalue weighted by Gasteiger charge is 2.20. The van der Waals surface area contributed by atoms with Gasteiger partial charge in [-0.25, -0.2) is 9.59 Å². The number of hydrogen-bond donors (Lipinski definition) is 0. The minimum absolute atomic E-state index is 0.299. The van der Waals surface area contributed by atoms with Crippen LogP contribution in [0.2, 0.25) is 0 Å². The van der Waals surface area contributed by atoms with Gasteiger partial charge in [-0.2, -0.15) is 0 Å². The maximum absolute atomic E-state index is 12.6. The van der Waals surface area contributed by atoms with Crippen LogP contribution >= 0.6 is 22.6 Å². The van der Waals surface area contributed by atoms with Crippen molar-refractivity contribution in [3.8, 4) is 0 Å².